The summed E-state index contributed by atoms with van der Waals surface area (Å²) in [7, 11) is 0. The van der Waals surface area contributed by atoms with Crippen LogP contribution in [-0.2, 0) is 4.74 Å². The normalized spacial score (nSPS) is 15.5. The monoisotopic (exact) mass is 284 g/mol. The van der Waals surface area contributed by atoms with E-state index in [0.717, 1.165) is 11.5 Å². The standard InChI is InChI=1S/C12H17ClN4O2/c1-3-19-12(18)17-6-4-16(5-7-17)10-8-9(2)14-11(13)15-10/h8H,3-7H2,1-2H3. The number of nitrogens with zero attached hydrogens (tertiary/aromatic N) is 4. The molecule has 104 valence electrons. The van der Waals surface area contributed by atoms with Gasteiger partial charge in [0.05, 0.1) is 6.61 Å². The number of rotatable bonds is 2. The van der Waals surface area contributed by atoms with Gasteiger partial charge in [0.15, 0.2) is 0 Å². The lowest BCUT2D eigenvalue weighted by molar-refractivity contribution is 0.105. The van der Waals surface area contributed by atoms with E-state index in [1.807, 2.05) is 13.0 Å². The molecule has 0 unspecified atom stereocenters. The number of hydrogen-bond donors (Lipinski definition) is 0. The highest BCUT2D eigenvalue weighted by atomic mass is 35.5. The average Bonchev–Trinajstić information content (AvgIpc) is 2.38. The predicted molar refractivity (Wildman–Crippen MR) is 72.6 cm³/mol. The molecule has 1 fully saturated rings. The fourth-order valence-corrected chi connectivity index (χ4v) is 2.23. The first-order chi connectivity index (χ1) is 9.10. The van der Waals surface area contributed by atoms with Crippen molar-refractivity contribution in [2.75, 3.05) is 37.7 Å². The van der Waals surface area contributed by atoms with Gasteiger partial charge in [0.25, 0.3) is 0 Å². The van der Waals surface area contributed by atoms with E-state index in [4.69, 9.17) is 16.3 Å². The van der Waals surface area contributed by atoms with Crippen LogP contribution in [0.5, 0.6) is 0 Å². The topological polar surface area (TPSA) is 58.6 Å². The van der Waals surface area contributed by atoms with Crippen LogP contribution in [0.3, 0.4) is 0 Å². The Bertz CT molecular complexity index is 441. The Kier molecular flexibility index (Phi) is 4.42. The highest BCUT2D eigenvalue weighted by Gasteiger charge is 2.22. The number of hydrogen-bond acceptors (Lipinski definition) is 5. The third-order valence-corrected chi connectivity index (χ3v) is 3.11. The molecule has 2 rings (SSSR count). The van der Waals surface area contributed by atoms with Gasteiger partial charge in [-0.1, -0.05) is 0 Å². The number of amides is 1. The molecule has 1 saturated heterocycles. The van der Waals surface area contributed by atoms with E-state index in [-0.39, 0.29) is 11.4 Å². The molecule has 6 nitrogen and oxygen atoms in total. The second kappa shape index (κ2) is 6.06. The fourth-order valence-electron chi connectivity index (χ4n) is 2.01. The predicted octanol–water partition coefficient (Wildman–Crippen LogP) is 1.72. The highest BCUT2D eigenvalue weighted by molar-refractivity contribution is 6.28. The lowest BCUT2D eigenvalue weighted by atomic mass is 10.3. The Morgan fingerprint density at radius 1 is 1.37 bits per heavy atom. The molecule has 7 heteroatoms. The van der Waals surface area contributed by atoms with Gasteiger partial charge in [-0.2, -0.15) is 0 Å². The molecule has 0 aromatic carbocycles. The van der Waals surface area contributed by atoms with E-state index in [2.05, 4.69) is 14.9 Å². The zero-order chi connectivity index (χ0) is 13.8. The highest BCUT2D eigenvalue weighted by Crippen LogP contribution is 2.17. The summed E-state index contributed by atoms with van der Waals surface area (Å²) < 4.78 is 4.98. The van der Waals surface area contributed by atoms with Gasteiger partial charge in [0.2, 0.25) is 5.28 Å². The van der Waals surface area contributed by atoms with Crippen LogP contribution in [0.15, 0.2) is 6.07 Å². The van der Waals surface area contributed by atoms with Crippen LogP contribution in [0.1, 0.15) is 12.6 Å². The fraction of sp³-hybridized carbons (Fsp3) is 0.583. The number of ether oxygens (including phenoxy) is 1. The number of aromatic nitrogens is 2. The van der Waals surface area contributed by atoms with E-state index < -0.39 is 0 Å². The van der Waals surface area contributed by atoms with Crippen molar-refractivity contribution in [3.8, 4) is 0 Å². The van der Waals surface area contributed by atoms with Gasteiger partial charge in [-0.25, -0.2) is 14.8 Å². The molecule has 0 atom stereocenters. The number of anilines is 1. The molecule has 1 aliphatic rings. The van der Waals surface area contributed by atoms with Crippen LogP contribution < -0.4 is 4.90 Å². The first kappa shape index (κ1) is 13.9. The van der Waals surface area contributed by atoms with Crippen molar-refractivity contribution in [2.45, 2.75) is 13.8 Å². The van der Waals surface area contributed by atoms with E-state index in [9.17, 15) is 4.79 Å². The Hall–Kier alpha value is -1.56. The van der Waals surface area contributed by atoms with E-state index in [1.54, 1.807) is 11.8 Å². The van der Waals surface area contributed by atoms with Gasteiger partial charge in [0.1, 0.15) is 5.82 Å². The number of carbonyl (C=O) groups excluding carboxylic acids is 1. The van der Waals surface area contributed by atoms with Crippen molar-refractivity contribution < 1.29 is 9.53 Å². The SMILES string of the molecule is CCOC(=O)N1CCN(c2cc(C)nc(Cl)n2)CC1. The number of halogens is 1. The minimum Gasteiger partial charge on any atom is -0.450 e. The smallest absolute Gasteiger partial charge is 0.409 e. The van der Waals surface area contributed by atoms with Gasteiger partial charge >= 0.3 is 6.09 Å². The average molecular weight is 285 g/mol. The van der Waals surface area contributed by atoms with Crippen LogP contribution in [0.25, 0.3) is 0 Å². The minimum atomic E-state index is -0.251. The Labute approximate surface area is 117 Å². The zero-order valence-electron chi connectivity index (χ0n) is 11.1. The van der Waals surface area contributed by atoms with Gasteiger partial charge < -0.3 is 14.5 Å². The van der Waals surface area contributed by atoms with Crippen LogP contribution in [-0.4, -0.2) is 53.7 Å². The quantitative estimate of drug-likeness (QED) is 0.774. The first-order valence-electron chi connectivity index (χ1n) is 6.28. The molecule has 2 heterocycles. The van der Waals surface area contributed by atoms with Gasteiger partial charge in [-0.15, -0.1) is 0 Å². The lowest BCUT2D eigenvalue weighted by Gasteiger charge is -2.34. The van der Waals surface area contributed by atoms with Crippen molar-refractivity contribution >= 4 is 23.5 Å². The minimum absolute atomic E-state index is 0.251. The molecular formula is C12H17ClN4O2. The third-order valence-electron chi connectivity index (χ3n) is 2.94. The molecule has 1 aromatic rings. The third kappa shape index (κ3) is 3.47. The van der Waals surface area contributed by atoms with Crippen molar-refractivity contribution in [2.24, 2.45) is 0 Å². The molecule has 19 heavy (non-hydrogen) atoms. The molecule has 0 N–H and O–H groups in total. The van der Waals surface area contributed by atoms with Crippen molar-refractivity contribution in [3.05, 3.63) is 17.0 Å². The maximum atomic E-state index is 11.6. The van der Waals surface area contributed by atoms with E-state index in [1.165, 1.54) is 0 Å². The van der Waals surface area contributed by atoms with Crippen LogP contribution in [0.2, 0.25) is 5.28 Å². The molecule has 1 aliphatic heterocycles. The molecular weight excluding hydrogens is 268 g/mol. The molecule has 1 aromatic heterocycles. The second-order valence-corrected chi connectivity index (χ2v) is 4.65. The van der Waals surface area contributed by atoms with E-state index in [0.29, 0.717) is 32.8 Å². The van der Waals surface area contributed by atoms with Crippen molar-refractivity contribution in [1.82, 2.24) is 14.9 Å². The zero-order valence-corrected chi connectivity index (χ0v) is 11.9. The maximum Gasteiger partial charge on any atom is 0.409 e. The Morgan fingerprint density at radius 2 is 2.05 bits per heavy atom. The summed E-state index contributed by atoms with van der Waals surface area (Å²) in [6.45, 7) is 6.77. The Morgan fingerprint density at radius 3 is 2.63 bits per heavy atom. The number of carbonyl (C=O) groups is 1. The summed E-state index contributed by atoms with van der Waals surface area (Å²) in [6, 6.07) is 1.89. The largest absolute Gasteiger partial charge is 0.450 e. The molecule has 0 saturated carbocycles. The lowest BCUT2D eigenvalue weighted by Crippen LogP contribution is -2.49. The van der Waals surface area contributed by atoms with Gasteiger partial charge in [0, 0.05) is 37.9 Å². The van der Waals surface area contributed by atoms with Crippen molar-refractivity contribution in [1.29, 1.82) is 0 Å². The summed E-state index contributed by atoms with van der Waals surface area (Å²) in [5.74, 6) is 0.806. The maximum absolute atomic E-state index is 11.6. The summed E-state index contributed by atoms with van der Waals surface area (Å²) in [5, 5.41) is 0.253. The first-order valence-corrected chi connectivity index (χ1v) is 6.65. The van der Waals surface area contributed by atoms with Crippen molar-refractivity contribution in [3.63, 3.8) is 0 Å². The Balaban J connectivity index is 1.97. The summed E-state index contributed by atoms with van der Waals surface area (Å²) in [4.78, 5) is 23.6. The van der Waals surface area contributed by atoms with Gasteiger partial charge in [-0.05, 0) is 25.4 Å². The molecule has 0 bridgehead atoms. The van der Waals surface area contributed by atoms with Crippen LogP contribution in [0, 0.1) is 6.92 Å². The van der Waals surface area contributed by atoms with Crippen LogP contribution >= 0.6 is 11.6 Å². The summed E-state index contributed by atoms with van der Waals surface area (Å²) in [6.07, 6.45) is -0.251. The molecule has 1 amide bonds. The molecule has 0 radical (unpaired) electrons. The van der Waals surface area contributed by atoms with Gasteiger partial charge in [-0.3, -0.25) is 0 Å². The summed E-state index contributed by atoms with van der Waals surface area (Å²) in [5.41, 5.74) is 0.836. The second-order valence-electron chi connectivity index (χ2n) is 4.31. The van der Waals surface area contributed by atoms with E-state index >= 15 is 0 Å². The molecule has 0 spiro atoms. The molecule has 0 aliphatic carbocycles. The number of aryl methyl sites for hydroxylation is 1. The number of piperazine rings is 1. The summed E-state index contributed by atoms with van der Waals surface area (Å²) >= 11 is 5.86. The van der Waals surface area contributed by atoms with Crippen LogP contribution in [0.4, 0.5) is 10.6 Å².